The van der Waals surface area contributed by atoms with E-state index < -0.39 is 12.0 Å². The van der Waals surface area contributed by atoms with E-state index in [0.29, 0.717) is 18.1 Å². The lowest BCUT2D eigenvalue weighted by atomic mass is 9.84. The molecule has 1 saturated heterocycles. The zero-order valence-corrected chi connectivity index (χ0v) is 11.5. The quantitative estimate of drug-likeness (QED) is 0.901. The molecule has 1 aliphatic heterocycles. The van der Waals surface area contributed by atoms with Crippen molar-refractivity contribution < 1.29 is 19.1 Å². The third-order valence-corrected chi connectivity index (χ3v) is 4.56. The lowest BCUT2D eigenvalue weighted by molar-refractivity contribution is -0.141. The zero-order chi connectivity index (χ0) is 14.3. The number of hydrogen-bond acceptors (Lipinski definition) is 3. The van der Waals surface area contributed by atoms with Gasteiger partial charge in [-0.3, -0.25) is 4.79 Å². The number of amides is 1. The van der Waals surface area contributed by atoms with Crippen molar-refractivity contribution in [3.05, 3.63) is 23.7 Å². The summed E-state index contributed by atoms with van der Waals surface area (Å²) in [6, 6.07) is 2.72. The van der Waals surface area contributed by atoms with E-state index >= 15 is 0 Å². The molecule has 0 bridgehead atoms. The second kappa shape index (κ2) is 4.96. The predicted octanol–water partition coefficient (Wildman–Crippen LogP) is 2.45. The number of fused-ring (bicyclic) bond motifs is 1. The van der Waals surface area contributed by atoms with Crippen LogP contribution in [-0.2, 0) is 4.79 Å². The van der Waals surface area contributed by atoms with Crippen molar-refractivity contribution in [1.82, 2.24) is 4.90 Å². The smallest absolute Gasteiger partial charge is 0.326 e. The van der Waals surface area contributed by atoms with Gasteiger partial charge in [0.05, 0.1) is 0 Å². The molecule has 1 aliphatic carbocycles. The first-order valence-electron chi connectivity index (χ1n) is 7.20. The van der Waals surface area contributed by atoms with Gasteiger partial charge in [-0.25, -0.2) is 4.79 Å². The summed E-state index contributed by atoms with van der Waals surface area (Å²) in [5.41, 5.74) is 0. The van der Waals surface area contributed by atoms with Crippen LogP contribution in [-0.4, -0.2) is 34.0 Å². The number of carboxylic acids is 1. The Morgan fingerprint density at radius 3 is 2.70 bits per heavy atom. The molecule has 3 rings (SSSR count). The number of carboxylic acid groups (broad SMARTS) is 1. The van der Waals surface area contributed by atoms with Crippen LogP contribution in [0.25, 0.3) is 0 Å². The average molecular weight is 277 g/mol. The zero-order valence-electron chi connectivity index (χ0n) is 11.5. The summed E-state index contributed by atoms with van der Waals surface area (Å²) in [6.07, 6.45) is 4.70. The maximum Gasteiger partial charge on any atom is 0.326 e. The summed E-state index contributed by atoms with van der Waals surface area (Å²) in [6.45, 7) is 1.78. The summed E-state index contributed by atoms with van der Waals surface area (Å²) in [5.74, 6) is 0.0559. The molecule has 5 heteroatoms. The summed E-state index contributed by atoms with van der Waals surface area (Å²) in [5, 5.41) is 9.41. The Hall–Kier alpha value is -1.78. The number of furan rings is 1. The first-order chi connectivity index (χ1) is 9.58. The van der Waals surface area contributed by atoms with Crippen LogP contribution in [0.15, 0.2) is 16.5 Å². The minimum absolute atomic E-state index is 0.0581. The van der Waals surface area contributed by atoms with Crippen LogP contribution < -0.4 is 0 Å². The monoisotopic (exact) mass is 277 g/mol. The van der Waals surface area contributed by atoms with Crippen molar-refractivity contribution >= 4 is 11.9 Å². The van der Waals surface area contributed by atoms with Crippen molar-refractivity contribution in [2.24, 2.45) is 5.92 Å². The van der Waals surface area contributed by atoms with Gasteiger partial charge in [0.1, 0.15) is 11.8 Å². The third-order valence-electron chi connectivity index (χ3n) is 4.56. The second-order valence-corrected chi connectivity index (χ2v) is 5.82. The van der Waals surface area contributed by atoms with Crippen molar-refractivity contribution in [3.63, 3.8) is 0 Å². The van der Waals surface area contributed by atoms with Gasteiger partial charge in [0, 0.05) is 6.04 Å². The maximum absolute atomic E-state index is 12.6. The molecule has 0 radical (unpaired) electrons. The lowest BCUT2D eigenvalue weighted by Gasteiger charge is -2.32. The van der Waals surface area contributed by atoms with E-state index in [1.165, 1.54) is 0 Å². The van der Waals surface area contributed by atoms with Crippen molar-refractivity contribution in [2.75, 3.05) is 0 Å². The number of likely N-dealkylation sites (tertiary alicyclic amines) is 1. The molecule has 1 amide bonds. The molecule has 1 aromatic rings. The predicted molar refractivity (Wildman–Crippen MR) is 71.4 cm³/mol. The Bertz CT molecular complexity index is 536. The molecule has 5 nitrogen and oxygen atoms in total. The molecule has 0 aromatic carbocycles. The van der Waals surface area contributed by atoms with Gasteiger partial charge < -0.3 is 14.4 Å². The van der Waals surface area contributed by atoms with Gasteiger partial charge >= 0.3 is 5.97 Å². The van der Waals surface area contributed by atoms with Crippen LogP contribution in [0, 0.1) is 12.8 Å². The lowest BCUT2D eigenvalue weighted by Crippen LogP contribution is -2.46. The molecule has 2 aliphatic rings. The highest BCUT2D eigenvalue weighted by Crippen LogP contribution is 2.40. The average Bonchev–Trinajstić information content (AvgIpc) is 3.01. The first kappa shape index (κ1) is 13.2. The molecule has 0 spiro atoms. The fraction of sp³-hybridized carbons (Fsp3) is 0.600. The summed E-state index contributed by atoms with van der Waals surface area (Å²) in [7, 11) is 0. The van der Waals surface area contributed by atoms with Gasteiger partial charge in [-0.1, -0.05) is 12.8 Å². The largest absolute Gasteiger partial charge is 0.480 e. The molecular weight excluding hydrogens is 258 g/mol. The maximum atomic E-state index is 12.6. The Kier molecular flexibility index (Phi) is 3.28. The Labute approximate surface area is 117 Å². The summed E-state index contributed by atoms with van der Waals surface area (Å²) < 4.78 is 5.38. The van der Waals surface area contributed by atoms with E-state index in [4.69, 9.17) is 4.42 Å². The Morgan fingerprint density at radius 2 is 2.05 bits per heavy atom. The molecule has 2 fully saturated rings. The van der Waals surface area contributed by atoms with E-state index in [0.717, 1.165) is 25.7 Å². The highest BCUT2D eigenvalue weighted by molar-refractivity contribution is 5.95. The molecule has 2 heterocycles. The molecule has 1 saturated carbocycles. The highest BCUT2D eigenvalue weighted by Gasteiger charge is 2.48. The van der Waals surface area contributed by atoms with Crippen molar-refractivity contribution in [1.29, 1.82) is 0 Å². The van der Waals surface area contributed by atoms with Crippen molar-refractivity contribution in [3.8, 4) is 0 Å². The SMILES string of the molecule is Cc1ccc(C(=O)N2[C@@H]3CCCC[C@H]3C[C@H]2C(=O)O)o1. The number of hydrogen-bond donors (Lipinski definition) is 1. The van der Waals surface area contributed by atoms with Crippen LogP contribution in [0.5, 0.6) is 0 Å². The van der Waals surface area contributed by atoms with Crippen LogP contribution in [0.3, 0.4) is 0 Å². The van der Waals surface area contributed by atoms with Gasteiger partial charge in [-0.15, -0.1) is 0 Å². The highest BCUT2D eigenvalue weighted by atomic mass is 16.4. The molecule has 1 aromatic heterocycles. The van der Waals surface area contributed by atoms with E-state index in [9.17, 15) is 14.7 Å². The molecule has 20 heavy (non-hydrogen) atoms. The van der Waals surface area contributed by atoms with Gasteiger partial charge in [0.15, 0.2) is 5.76 Å². The normalized spacial score (nSPS) is 29.2. The minimum atomic E-state index is -0.906. The number of carbonyl (C=O) groups is 2. The Morgan fingerprint density at radius 1 is 1.30 bits per heavy atom. The van der Waals surface area contributed by atoms with Gasteiger partial charge in [0.25, 0.3) is 5.91 Å². The van der Waals surface area contributed by atoms with Gasteiger partial charge in [0.2, 0.25) is 0 Å². The summed E-state index contributed by atoms with van der Waals surface area (Å²) >= 11 is 0. The van der Waals surface area contributed by atoms with E-state index in [-0.39, 0.29) is 17.7 Å². The van der Waals surface area contributed by atoms with Gasteiger partial charge in [-0.05, 0) is 44.2 Å². The van der Waals surface area contributed by atoms with Crippen LogP contribution in [0.2, 0.25) is 0 Å². The van der Waals surface area contributed by atoms with Crippen LogP contribution in [0.1, 0.15) is 48.4 Å². The van der Waals surface area contributed by atoms with Crippen molar-refractivity contribution in [2.45, 2.75) is 51.1 Å². The number of aliphatic carboxylic acids is 1. The topological polar surface area (TPSA) is 70.8 Å². The fourth-order valence-electron chi connectivity index (χ4n) is 3.65. The minimum Gasteiger partial charge on any atom is -0.480 e. The molecule has 108 valence electrons. The standard InChI is InChI=1S/C15H19NO4/c1-9-6-7-13(20-9)14(17)16-11-5-3-2-4-10(11)8-12(16)15(18)19/h6-7,10-12H,2-5,8H2,1H3,(H,18,19)/t10-,11+,12-/m0/s1. The van der Waals surface area contributed by atoms with E-state index in [2.05, 4.69) is 0 Å². The van der Waals surface area contributed by atoms with Crippen LogP contribution in [0.4, 0.5) is 0 Å². The number of carbonyl (C=O) groups excluding carboxylic acids is 1. The molecule has 1 N–H and O–H groups in total. The third kappa shape index (κ3) is 2.11. The second-order valence-electron chi connectivity index (χ2n) is 5.82. The molecule has 0 unspecified atom stereocenters. The van der Waals surface area contributed by atoms with E-state index in [1.54, 1.807) is 24.0 Å². The number of aryl methyl sites for hydroxylation is 1. The fourth-order valence-corrected chi connectivity index (χ4v) is 3.65. The Balaban J connectivity index is 1.90. The van der Waals surface area contributed by atoms with Gasteiger partial charge in [-0.2, -0.15) is 0 Å². The summed E-state index contributed by atoms with van der Waals surface area (Å²) in [4.78, 5) is 25.6. The molecule has 3 atom stereocenters. The number of rotatable bonds is 2. The number of nitrogens with zero attached hydrogens (tertiary/aromatic N) is 1. The molecular formula is C15H19NO4. The first-order valence-corrected chi connectivity index (χ1v) is 7.20. The van der Waals surface area contributed by atoms with Crippen LogP contribution >= 0.6 is 0 Å². The van der Waals surface area contributed by atoms with E-state index in [1.807, 2.05) is 0 Å².